The average molecular weight is 338 g/mol. The number of hydrogen-bond acceptors (Lipinski definition) is 3. The maximum absolute atomic E-state index is 12.2. The summed E-state index contributed by atoms with van der Waals surface area (Å²) in [7, 11) is 0. The molecule has 0 bridgehead atoms. The molecule has 124 valence electrons. The van der Waals surface area contributed by atoms with Gasteiger partial charge in [-0.1, -0.05) is 23.7 Å². The van der Waals surface area contributed by atoms with Crippen LogP contribution >= 0.6 is 11.6 Å². The maximum Gasteiger partial charge on any atom is 0.315 e. The summed E-state index contributed by atoms with van der Waals surface area (Å²) in [6.45, 7) is 2.17. The predicted molar refractivity (Wildman–Crippen MR) is 86.5 cm³/mol. The predicted octanol–water partition coefficient (Wildman–Crippen LogP) is 1.19. The monoisotopic (exact) mass is 337 g/mol. The summed E-state index contributed by atoms with van der Waals surface area (Å²) in [5, 5.41) is 8.87. The first-order chi connectivity index (χ1) is 11.1. The van der Waals surface area contributed by atoms with Crippen molar-refractivity contribution in [3.05, 3.63) is 34.9 Å². The molecule has 0 saturated carbocycles. The van der Waals surface area contributed by atoms with Gasteiger partial charge in [-0.05, 0) is 30.5 Å². The molecule has 1 aromatic rings. The third-order valence-electron chi connectivity index (χ3n) is 4.60. The Labute approximate surface area is 139 Å². The molecule has 1 aromatic carbocycles. The van der Waals surface area contributed by atoms with Gasteiger partial charge in [-0.2, -0.15) is 0 Å². The smallest absolute Gasteiger partial charge is 0.315 e. The van der Waals surface area contributed by atoms with Gasteiger partial charge in [0.25, 0.3) is 0 Å². The second-order valence-corrected chi connectivity index (χ2v) is 6.46. The maximum atomic E-state index is 12.2. The minimum Gasteiger partial charge on any atom is -0.381 e. The van der Waals surface area contributed by atoms with E-state index >= 15 is 0 Å². The van der Waals surface area contributed by atoms with Crippen molar-refractivity contribution in [2.24, 2.45) is 0 Å². The first kappa shape index (κ1) is 16.1. The Morgan fingerprint density at radius 3 is 2.61 bits per heavy atom. The van der Waals surface area contributed by atoms with Crippen molar-refractivity contribution in [2.45, 2.75) is 24.3 Å². The summed E-state index contributed by atoms with van der Waals surface area (Å²) in [5.74, 6) is -0.164. The Bertz CT molecular complexity index is 585. The molecule has 2 saturated heterocycles. The molecule has 2 heterocycles. The van der Waals surface area contributed by atoms with Crippen LogP contribution in [0.2, 0.25) is 5.02 Å². The molecule has 6 nitrogen and oxygen atoms in total. The first-order valence-corrected chi connectivity index (χ1v) is 8.13. The van der Waals surface area contributed by atoms with Gasteiger partial charge in [0, 0.05) is 36.7 Å². The molecule has 1 unspecified atom stereocenters. The molecular weight excluding hydrogens is 318 g/mol. The van der Waals surface area contributed by atoms with Crippen molar-refractivity contribution in [3.63, 3.8) is 0 Å². The molecule has 0 radical (unpaired) electrons. The van der Waals surface area contributed by atoms with E-state index in [1.165, 1.54) is 0 Å². The number of urea groups is 1. The fourth-order valence-corrected chi connectivity index (χ4v) is 3.25. The van der Waals surface area contributed by atoms with E-state index in [0.29, 0.717) is 31.3 Å². The molecule has 2 aliphatic heterocycles. The normalized spacial score (nSPS) is 23.0. The van der Waals surface area contributed by atoms with Gasteiger partial charge in [-0.3, -0.25) is 4.79 Å². The van der Waals surface area contributed by atoms with Crippen molar-refractivity contribution in [3.8, 4) is 0 Å². The quantitative estimate of drug-likeness (QED) is 0.772. The molecule has 23 heavy (non-hydrogen) atoms. The van der Waals surface area contributed by atoms with Crippen molar-refractivity contribution < 1.29 is 14.3 Å². The highest BCUT2D eigenvalue weighted by Gasteiger charge is 2.36. The van der Waals surface area contributed by atoms with E-state index in [4.69, 9.17) is 16.3 Å². The summed E-state index contributed by atoms with van der Waals surface area (Å²) in [6, 6.07) is 6.96. The number of benzene rings is 1. The van der Waals surface area contributed by atoms with Crippen LogP contribution in [0.4, 0.5) is 4.79 Å². The molecule has 3 amide bonds. The summed E-state index contributed by atoms with van der Waals surface area (Å²) in [4.78, 5) is 23.4. The minimum atomic E-state index is -0.510. The molecule has 1 atom stereocenters. The van der Waals surface area contributed by atoms with Gasteiger partial charge >= 0.3 is 6.03 Å². The lowest BCUT2D eigenvalue weighted by molar-refractivity contribution is -0.122. The second kappa shape index (κ2) is 6.76. The third-order valence-corrected chi connectivity index (χ3v) is 4.85. The van der Waals surface area contributed by atoms with E-state index in [1.807, 2.05) is 24.3 Å². The summed E-state index contributed by atoms with van der Waals surface area (Å²) < 4.78 is 5.48. The lowest BCUT2D eigenvalue weighted by Crippen LogP contribution is -2.49. The Kier molecular flexibility index (Phi) is 4.73. The molecular formula is C16H20ClN3O3. The van der Waals surface area contributed by atoms with Gasteiger partial charge in [0.15, 0.2) is 0 Å². The van der Waals surface area contributed by atoms with Crippen molar-refractivity contribution in [1.82, 2.24) is 16.0 Å². The zero-order chi connectivity index (χ0) is 16.3. The van der Waals surface area contributed by atoms with Gasteiger partial charge < -0.3 is 20.7 Å². The van der Waals surface area contributed by atoms with E-state index in [9.17, 15) is 9.59 Å². The summed E-state index contributed by atoms with van der Waals surface area (Å²) >= 11 is 5.98. The molecule has 0 aliphatic carbocycles. The number of amides is 3. The Balaban J connectivity index is 1.70. The van der Waals surface area contributed by atoms with Crippen LogP contribution in [0.15, 0.2) is 24.3 Å². The lowest BCUT2D eigenvalue weighted by atomic mass is 9.74. The Morgan fingerprint density at radius 2 is 2.00 bits per heavy atom. The summed E-state index contributed by atoms with van der Waals surface area (Å²) in [6.07, 6.45) is 1.67. The van der Waals surface area contributed by atoms with Crippen LogP contribution < -0.4 is 16.0 Å². The lowest BCUT2D eigenvalue weighted by Gasteiger charge is -2.38. The number of carbonyl (C=O) groups is 2. The fraction of sp³-hybridized carbons (Fsp3) is 0.500. The highest BCUT2D eigenvalue weighted by molar-refractivity contribution is 6.30. The number of halogens is 1. The van der Waals surface area contributed by atoms with Crippen LogP contribution in [0.3, 0.4) is 0 Å². The SMILES string of the molecule is O=C1NCC(C(=O)NCC2(c3ccc(Cl)cc3)CCOCC2)N1. The Morgan fingerprint density at radius 1 is 1.30 bits per heavy atom. The average Bonchev–Trinajstić information content (AvgIpc) is 3.01. The van der Waals surface area contributed by atoms with Gasteiger partial charge in [0.1, 0.15) is 6.04 Å². The van der Waals surface area contributed by atoms with E-state index in [2.05, 4.69) is 16.0 Å². The molecule has 3 N–H and O–H groups in total. The fourth-order valence-electron chi connectivity index (χ4n) is 3.13. The van der Waals surface area contributed by atoms with Crippen molar-refractivity contribution >= 4 is 23.5 Å². The topological polar surface area (TPSA) is 79.5 Å². The molecule has 2 aliphatic rings. The summed E-state index contributed by atoms with van der Waals surface area (Å²) in [5.41, 5.74) is 0.994. The number of rotatable bonds is 4. The standard InChI is InChI=1S/C16H20ClN3O3/c17-12-3-1-11(2-4-12)16(5-7-23-8-6-16)10-19-14(21)13-9-18-15(22)20-13/h1-4,13H,5-10H2,(H,19,21)(H2,18,20,22). The van der Waals surface area contributed by atoms with Crippen LogP contribution in [-0.2, 0) is 14.9 Å². The van der Waals surface area contributed by atoms with Crippen molar-refractivity contribution in [2.75, 3.05) is 26.3 Å². The van der Waals surface area contributed by atoms with Gasteiger partial charge in [-0.15, -0.1) is 0 Å². The highest BCUT2D eigenvalue weighted by atomic mass is 35.5. The van der Waals surface area contributed by atoms with Crippen LogP contribution in [0, 0.1) is 0 Å². The largest absolute Gasteiger partial charge is 0.381 e. The molecule has 0 spiro atoms. The van der Waals surface area contributed by atoms with Gasteiger partial charge in [-0.25, -0.2) is 4.79 Å². The molecule has 0 aromatic heterocycles. The number of hydrogen-bond donors (Lipinski definition) is 3. The number of ether oxygens (including phenoxy) is 1. The molecule has 3 rings (SSSR count). The van der Waals surface area contributed by atoms with Crippen molar-refractivity contribution in [1.29, 1.82) is 0 Å². The zero-order valence-corrected chi connectivity index (χ0v) is 13.5. The Hall–Kier alpha value is -1.79. The van der Waals surface area contributed by atoms with E-state index in [1.54, 1.807) is 0 Å². The van der Waals surface area contributed by atoms with Gasteiger partial charge in [0.05, 0.1) is 0 Å². The van der Waals surface area contributed by atoms with E-state index in [0.717, 1.165) is 18.4 Å². The number of carbonyl (C=O) groups excluding carboxylic acids is 2. The van der Waals surface area contributed by atoms with E-state index < -0.39 is 6.04 Å². The minimum absolute atomic E-state index is 0.158. The number of nitrogens with one attached hydrogen (secondary N) is 3. The third kappa shape index (κ3) is 3.59. The second-order valence-electron chi connectivity index (χ2n) is 6.02. The molecule has 2 fully saturated rings. The van der Waals surface area contributed by atoms with Crippen LogP contribution in [0.5, 0.6) is 0 Å². The van der Waals surface area contributed by atoms with Crippen LogP contribution in [-0.4, -0.2) is 44.3 Å². The molecule has 7 heteroatoms. The highest BCUT2D eigenvalue weighted by Crippen LogP contribution is 2.34. The van der Waals surface area contributed by atoms with Gasteiger partial charge in [0.2, 0.25) is 5.91 Å². The zero-order valence-electron chi connectivity index (χ0n) is 12.7. The van der Waals surface area contributed by atoms with Crippen LogP contribution in [0.25, 0.3) is 0 Å². The van der Waals surface area contributed by atoms with E-state index in [-0.39, 0.29) is 17.4 Å². The van der Waals surface area contributed by atoms with Crippen LogP contribution in [0.1, 0.15) is 18.4 Å². The first-order valence-electron chi connectivity index (χ1n) is 7.75.